The minimum atomic E-state index is -0.668. The maximum atomic E-state index is 12.1. The first-order valence-corrected chi connectivity index (χ1v) is 8.46. The molecule has 0 aliphatic rings. The highest BCUT2D eigenvalue weighted by atomic mass is 79.9. The van der Waals surface area contributed by atoms with Crippen molar-refractivity contribution in [1.82, 2.24) is 5.32 Å². The van der Waals surface area contributed by atoms with Gasteiger partial charge in [-0.05, 0) is 47.5 Å². The van der Waals surface area contributed by atoms with E-state index in [4.69, 9.17) is 4.74 Å². The molecule has 6 heteroatoms. The second-order valence-electron chi connectivity index (χ2n) is 5.56. The summed E-state index contributed by atoms with van der Waals surface area (Å²) >= 11 is 3.27. The SMILES string of the molecule is Cc1ccc(C(=O)COC(=O)CNC(=O)c2ccccc2Br)c(C)c1. The van der Waals surface area contributed by atoms with Crippen molar-refractivity contribution in [2.24, 2.45) is 0 Å². The molecule has 0 atom stereocenters. The number of ketones is 1. The molecule has 0 fully saturated rings. The van der Waals surface area contributed by atoms with Crippen molar-refractivity contribution >= 4 is 33.6 Å². The molecule has 5 nitrogen and oxygen atoms in total. The van der Waals surface area contributed by atoms with Crippen molar-refractivity contribution in [3.05, 3.63) is 69.2 Å². The van der Waals surface area contributed by atoms with E-state index in [0.29, 0.717) is 15.6 Å². The van der Waals surface area contributed by atoms with Crippen molar-refractivity contribution in [3.8, 4) is 0 Å². The van der Waals surface area contributed by atoms with Gasteiger partial charge in [-0.3, -0.25) is 14.4 Å². The fourth-order valence-electron chi connectivity index (χ4n) is 2.29. The fraction of sp³-hybridized carbons (Fsp3) is 0.211. The predicted molar refractivity (Wildman–Crippen MR) is 97.7 cm³/mol. The molecule has 2 aromatic rings. The molecule has 1 amide bonds. The summed E-state index contributed by atoms with van der Waals surface area (Å²) in [7, 11) is 0. The summed E-state index contributed by atoms with van der Waals surface area (Å²) in [6.07, 6.45) is 0. The second kappa shape index (κ2) is 8.58. The molecule has 0 spiro atoms. The standard InChI is InChI=1S/C19H18BrNO4/c1-12-7-8-14(13(2)9-12)17(22)11-25-18(23)10-21-19(24)15-5-3-4-6-16(15)20/h3-9H,10-11H2,1-2H3,(H,21,24). The van der Waals surface area contributed by atoms with E-state index in [2.05, 4.69) is 21.2 Å². The normalized spacial score (nSPS) is 10.2. The number of rotatable bonds is 6. The number of amides is 1. The Morgan fingerprint density at radius 3 is 2.44 bits per heavy atom. The van der Waals surface area contributed by atoms with Crippen LogP contribution in [0.25, 0.3) is 0 Å². The van der Waals surface area contributed by atoms with Crippen LogP contribution in [0.2, 0.25) is 0 Å². The van der Waals surface area contributed by atoms with Gasteiger partial charge < -0.3 is 10.1 Å². The topological polar surface area (TPSA) is 72.5 Å². The van der Waals surface area contributed by atoms with E-state index in [1.807, 2.05) is 26.0 Å². The molecule has 0 aromatic heterocycles. The molecule has 0 saturated heterocycles. The maximum absolute atomic E-state index is 12.1. The summed E-state index contributed by atoms with van der Waals surface area (Å²) in [5.74, 6) is -1.34. The molecule has 0 unspecified atom stereocenters. The van der Waals surface area contributed by atoms with Crippen LogP contribution in [0.4, 0.5) is 0 Å². The Labute approximate surface area is 154 Å². The van der Waals surface area contributed by atoms with Gasteiger partial charge in [0.25, 0.3) is 5.91 Å². The zero-order valence-corrected chi connectivity index (χ0v) is 15.6. The summed E-state index contributed by atoms with van der Waals surface area (Å²) in [6, 6.07) is 12.3. The van der Waals surface area contributed by atoms with E-state index in [0.717, 1.165) is 11.1 Å². The quantitative estimate of drug-likeness (QED) is 0.593. The van der Waals surface area contributed by atoms with Crippen molar-refractivity contribution in [3.63, 3.8) is 0 Å². The van der Waals surface area contributed by atoms with Crippen molar-refractivity contribution in [2.45, 2.75) is 13.8 Å². The summed E-state index contributed by atoms with van der Waals surface area (Å²) < 4.78 is 5.58. The zero-order chi connectivity index (χ0) is 18.4. The minimum Gasteiger partial charge on any atom is -0.456 e. The van der Waals surface area contributed by atoms with Gasteiger partial charge in [0.1, 0.15) is 6.54 Å². The number of aryl methyl sites for hydroxylation is 2. The van der Waals surface area contributed by atoms with Crippen LogP contribution >= 0.6 is 15.9 Å². The van der Waals surface area contributed by atoms with E-state index in [1.165, 1.54) is 0 Å². The first kappa shape index (κ1) is 18.9. The molecule has 0 heterocycles. The number of benzene rings is 2. The van der Waals surface area contributed by atoms with E-state index in [-0.39, 0.29) is 18.9 Å². The predicted octanol–water partition coefficient (Wildman–Crippen LogP) is 3.22. The van der Waals surface area contributed by atoms with E-state index in [1.54, 1.807) is 30.3 Å². The molecule has 25 heavy (non-hydrogen) atoms. The van der Waals surface area contributed by atoms with Crippen LogP contribution in [0.15, 0.2) is 46.9 Å². The second-order valence-corrected chi connectivity index (χ2v) is 6.42. The highest BCUT2D eigenvalue weighted by molar-refractivity contribution is 9.10. The lowest BCUT2D eigenvalue weighted by atomic mass is 10.0. The molecular weight excluding hydrogens is 386 g/mol. The largest absolute Gasteiger partial charge is 0.456 e. The monoisotopic (exact) mass is 403 g/mol. The van der Waals surface area contributed by atoms with Crippen LogP contribution in [-0.4, -0.2) is 30.8 Å². The van der Waals surface area contributed by atoms with Crippen LogP contribution in [0, 0.1) is 13.8 Å². The van der Waals surface area contributed by atoms with Crippen LogP contribution in [0.5, 0.6) is 0 Å². The van der Waals surface area contributed by atoms with E-state index < -0.39 is 11.9 Å². The van der Waals surface area contributed by atoms with Crippen LogP contribution in [-0.2, 0) is 9.53 Å². The van der Waals surface area contributed by atoms with E-state index >= 15 is 0 Å². The van der Waals surface area contributed by atoms with Gasteiger partial charge in [0, 0.05) is 10.0 Å². The third-order valence-corrected chi connectivity index (χ3v) is 4.25. The van der Waals surface area contributed by atoms with Gasteiger partial charge in [-0.1, -0.05) is 35.9 Å². The molecule has 1 N–H and O–H groups in total. The molecule has 0 saturated carbocycles. The molecule has 2 rings (SSSR count). The van der Waals surface area contributed by atoms with Crippen LogP contribution in [0.3, 0.4) is 0 Å². The highest BCUT2D eigenvalue weighted by Gasteiger charge is 2.14. The van der Waals surface area contributed by atoms with Gasteiger partial charge in [-0.2, -0.15) is 0 Å². The van der Waals surface area contributed by atoms with Gasteiger partial charge in [0.05, 0.1) is 5.56 Å². The molecule has 130 valence electrons. The molecular formula is C19H18BrNO4. The van der Waals surface area contributed by atoms with Crippen molar-refractivity contribution in [1.29, 1.82) is 0 Å². The summed E-state index contributed by atoms with van der Waals surface area (Å²) in [4.78, 5) is 35.8. The Hall–Kier alpha value is -2.47. The summed E-state index contributed by atoms with van der Waals surface area (Å²) in [5.41, 5.74) is 2.83. The third kappa shape index (κ3) is 5.26. The molecule has 0 aliphatic carbocycles. The van der Waals surface area contributed by atoms with Crippen LogP contribution in [0.1, 0.15) is 31.8 Å². The highest BCUT2D eigenvalue weighted by Crippen LogP contribution is 2.15. The average molecular weight is 404 g/mol. The first-order chi connectivity index (χ1) is 11.9. The Balaban J connectivity index is 1.83. The van der Waals surface area contributed by atoms with Crippen molar-refractivity contribution in [2.75, 3.05) is 13.2 Å². The molecule has 0 radical (unpaired) electrons. The van der Waals surface area contributed by atoms with Crippen molar-refractivity contribution < 1.29 is 19.1 Å². The number of hydrogen-bond donors (Lipinski definition) is 1. The Kier molecular flexibility index (Phi) is 6.47. The maximum Gasteiger partial charge on any atom is 0.325 e. The number of Topliss-reactive ketones (excluding diaryl/α,β-unsaturated/α-hetero) is 1. The summed E-state index contributed by atoms with van der Waals surface area (Å²) in [5, 5.41) is 2.47. The molecule has 0 aliphatic heterocycles. The number of carbonyl (C=O) groups is 3. The number of carbonyl (C=O) groups excluding carboxylic acids is 3. The fourth-order valence-corrected chi connectivity index (χ4v) is 2.76. The van der Waals surface area contributed by atoms with Crippen LogP contribution < -0.4 is 5.32 Å². The average Bonchev–Trinajstić information content (AvgIpc) is 2.58. The number of esters is 1. The number of hydrogen-bond acceptors (Lipinski definition) is 4. The number of ether oxygens (including phenoxy) is 1. The van der Waals surface area contributed by atoms with Gasteiger partial charge in [-0.25, -0.2) is 0 Å². The minimum absolute atomic E-state index is 0.275. The lowest BCUT2D eigenvalue weighted by molar-refractivity contribution is -0.141. The first-order valence-electron chi connectivity index (χ1n) is 7.67. The van der Waals surface area contributed by atoms with E-state index in [9.17, 15) is 14.4 Å². The van der Waals surface area contributed by atoms with Gasteiger partial charge >= 0.3 is 5.97 Å². The molecule has 2 aromatic carbocycles. The van der Waals surface area contributed by atoms with Gasteiger partial charge in [0.15, 0.2) is 6.61 Å². The summed E-state index contributed by atoms with van der Waals surface area (Å²) in [6.45, 7) is 3.11. The third-order valence-electron chi connectivity index (χ3n) is 3.56. The Morgan fingerprint density at radius 2 is 1.76 bits per heavy atom. The Bertz CT molecular complexity index is 817. The van der Waals surface area contributed by atoms with Gasteiger partial charge in [0.2, 0.25) is 5.78 Å². The number of halogens is 1. The number of nitrogens with one attached hydrogen (secondary N) is 1. The van der Waals surface area contributed by atoms with Gasteiger partial charge in [-0.15, -0.1) is 0 Å². The lowest BCUT2D eigenvalue weighted by Crippen LogP contribution is -2.31. The molecule has 0 bridgehead atoms. The lowest BCUT2D eigenvalue weighted by Gasteiger charge is -2.09. The smallest absolute Gasteiger partial charge is 0.325 e. The Morgan fingerprint density at radius 1 is 1.04 bits per heavy atom. The zero-order valence-electron chi connectivity index (χ0n) is 14.0.